The molecule has 0 saturated carbocycles. The third-order valence-electron chi connectivity index (χ3n) is 2.90. The van der Waals surface area contributed by atoms with Crippen LogP contribution in [0.2, 0.25) is 5.02 Å². The first-order chi connectivity index (χ1) is 10.7. The van der Waals surface area contributed by atoms with Gasteiger partial charge in [0.05, 0.1) is 18.4 Å². The Bertz CT molecular complexity index is 646. The molecule has 1 N–H and O–H groups in total. The van der Waals surface area contributed by atoms with E-state index in [1.165, 1.54) is 11.8 Å². The van der Waals surface area contributed by atoms with E-state index in [1.54, 1.807) is 6.08 Å². The fraction of sp³-hybridized carbons (Fsp3) is 0.250. The molecule has 0 amide bonds. The Labute approximate surface area is 139 Å². The Balaban J connectivity index is 2.43. The molecule has 1 atom stereocenters. The molecule has 0 saturated heterocycles. The summed E-state index contributed by atoms with van der Waals surface area (Å²) < 4.78 is 5.57. The number of nitrogens with zero attached hydrogens (tertiary/aromatic N) is 2. The number of nitrogens with one attached hydrogen (secondary N) is 1. The second-order valence-electron chi connectivity index (χ2n) is 4.40. The van der Waals surface area contributed by atoms with Crippen LogP contribution in [0.15, 0.2) is 53.4 Å². The van der Waals surface area contributed by atoms with Crippen LogP contribution >= 0.6 is 23.4 Å². The van der Waals surface area contributed by atoms with E-state index in [1.807, 2.05) is 31.2 Å². The highest BCUT2D eigenvalue weighted by Gasteiger charge is 2.30. The normalized spacial score (nSPS) is 19.5. The van der Waals surface area contributed by atoms with Crippen LogP contribution in [0.25, 0.3) is 0 Å². The Morgan fingerprint density at radius 3 is 2.82 bits per heavy atom. The van der Waals surface area contributed by atoms with Gasteiger partial charge in [0.15, 0.2) is 5.17 Å². The molecule has 0 radical (unpaired) electrons. The number of ether oxygens (including phenoxy) is 1. The summed E-state index contributed by atoms with van der Waals surface area (Å²) in [6.07, 6.45) is 1.72. The fourth-order valence-electron chi connectivity index (χ4n) is 1.95. The highest BCUT2D eigenvalue weighted by atomic mass is 35.5. The molecule has 1 aromatic carbocycles. The minimum absolute atomic E-state index is 0.173. The molecule has 1 unspecified atom stereocenters. The van der Waals surface area contributed by atoms with Crippen molar-refractivity contribution in [2.75, 3.05) is 13.2 Å². The number of thioether (sulfide) groups is 1. The van der Waals surface area contributed by atoms with Gasteiger partial charge >= 0.3 is 0 Å². The Morgan fingerprint density at radius 2 is 2.23 bits per heavy atom. The van der Waals surface area contributed by atoms with Crippen LogP contribution < -0.4 is 5.32 Å². The van der Waals surface area contributed by atoms with Crippen LogP contribution in [0.3, 0.4) is 0 Å². The lowest BCUT2D eigenvalue weighted by Gasteiger charge is -2.26. The van der Waals surface area contributed by atoms with Gasteiger partial charge in [-0.25, -0.2) is 0 Å². The summed E-state index contributed by atoms with van der Waals surface area (Å²) in [7, 11) is 0. The molecule has 1 aromatic rings. The van der Waals surface area contributed by atoms with E-state index in [2.05, 4.69) is 23.0 Å². The Hall–Kier alpha value is -1.90. The number of hydrogen-bond donors (Lipinski definition) is 1. The SMILES string of the molecule is C=CCN=C1NC(OCC)=C(C#N)C(c2ccc(Cl)cc2)S1. The van der Waals surface area contributed by atoms with Crippen LogP contribution in [0.1, 0.15) is 17.7 Å². The van der Waals surface area contributed by atoms with Gasteiger partial charge < -0.3 is 10.1 Å². The van der Waals surface area contributed by atoms with E-state index in [0.717, 1.165) is 5.56 Å². The molecule has 0 spiro atoms. The second-order valence-corrected chi connectivity index (χ2v) is 5.93. The number of amidine groups is 1. The summed E-state index contributed by atoms with van der Waals surface area (Å²) in [6, 6.07) is 9.70. The standard InChI is InChI=1S/C16H16ClN3OS/c1-3-9-19-16-20-15(21-4-2)13(10-18)14(22-16)11-5-7-12(17)8-6-11/h3,5-8,14H,1,4,9H2,2H3,(H,19,20). The smallest absolute Gasteiger partial charge is 0.208 e. The van der Waals surface area contributed by atoms with Crippen molar-refractivity contribution < 1.29 is 4.74 Å². The van der Waals surface area contributed by atoms with E-state index < -0.39 is 0 Å². The molecular weight excluding hydrogens is 318 g/mol. The molecule has 0 aliphatic carbocycles. The number of benzene rings is 1. The van der Waals surface area contributed by atoms with Crippen molar-refractivity contribution in [2.24, 2.45) is 4.99 Å². The van der Waals surface area contributed by atoms with Crippen LogP contribution in [0.5, 0.6) is 0 Å². The summed E-state index contributed by atoms with van der Waals surface area (Å²) in [5.74, 6) is 0.464. The predicted octanol–water partition coefficient (Wildman–Crippen LogP) is 4.03. The third kappa shape index (κ3) is 3.85. The Kier molecular flexibility index (Phi) is 5.93. The van der Waals surface area contributed by atoms with Crippen molar-refractivity contribution >= 4 is 28.5 Å². The maximum Gasteiger partial charge on any atom is 0.208 e. The van der Waals surface area contributed by atoms with Crippen molar-refractivity contribution in [3.63, 3.8) is 0 Å². The maximum atomic E-state index is 9.51. The van der Waals surface area contributed by atoms with Crippen molar-refractivity contribution in [3.05, 3.63) is 59.0 Å². The largest absolute Gasteiger partial charge is 0.478 e. The zero-order valence-electron chi connectivity index (χ0n) is 12.2. The van der Waals surface area contributed by atoms with Gasteiger partial charge in [-0.05, 0) is 24.6 Å². The molecule has 0 fully saturated rings. The highest BCUT2D eigenvalue weighted by Crippen LogP contribution is 2.40. The zero-order chi connectivity index (χ0) is 15.9. The van der Waals surface area contributed by atoms with E-state index in [4.69, 9.17) is 16.3 Å². The number of aliphatic imine (C=N–C) groups is 1. The lowest BCUT2D eigenvalue weighted by Crippen LogP contribution is -2.30. The minimum atomic E-state index is -0.173. The molecule has 6 heteroatoms. The first-order valence-electron chi connectivity index (χ1n) is 6.81. The summed E-state index contributed by atoms with van der Waals surface area (Å²) >= 11 is 7.42. The minimum Gasteiger partial charge on any atom is -0.478 e. The van der Waals surface area contributed by atoms with Crippen molar-refractivity contribution in [2.45, 2.75) is 12.2 Å². The lowest BCUT2D eigenvalue weighted by molar-refractivity contribution is 0.213. The molecule has 114 valence electrons. The zero-order valence-corrected chi connectivity index (χ0v) is 13.7. The topological polar surface area (TPSA) is 57.4 Å². The average Bonchev–Trinajstić information content (AvgIpc) is 2.53. The van der Waals surface area contributed by atoms with Gasteiger partial charge in [-0.2, -0.15) is 5.26 Å². The van der Waals surface area contributed by atoms with Crippen molar-refractivity contribution in [1.29, 1.82) is 5.26 Å². The van der Waals surface area contributed by atoms with E-state index in [-0.39, 0.29) is 5.25 Å². The van der Waals surface area contributed by atoms with Crippen molar-refractivity contribution in [1.82, 2.24) is 5.32 Å². The van der Waals surface area contributed by atoms with E-state index in [0.29, 0.717) is 34.8 Å². The van der Waals surface area contributed by atoms with Crippen molar-refractivity contribution in [3.8, 4) is 6.07 Å². The molecule has 0 aromatic heterocycles. The summed E-state index contributed by atoms with van der Waals surface area (Å²) in [5.41, 5.74) is 1.53. The second kappa shape index (κ2) is 7.92. The molecule has 1 heterocycles. The summed E-state index contributed by atoms with van der Waals surface area (Å²) in [4.78, 5) is 4.40. The molecule has 1 aliphatic heterocycles. The number of hydrogen-bond acceptors (Lipinski definition) is 4. The van der Waals surface area contributed by atoms with Crippen LogP contribution in [-0.2, 0) is 4.74 Å². The highest BCUT2D eigenvalue weighted by molar-refractivity contribution is 8.14. The molecule has 22 heavy (non-hydrogen) atoms. The molecule has 4 nitrogen and oxygen atoms in total. The lowest BCUT2D eigenvalue weighted by atomic mass is 10.1. The number of halogens is 1. The van der Waals surface area contributed by atoms with Crippen LogP contribution in [0, 0.1) is 11.3 Å². The molecule has 1 aliphatic rings. The first kappa shape index (κ1) is 16.5. The average molecular weight is 334 g/mol. The Morgan fingerprint density at radius 1 is 1.50 bits per heavy atom. The van der Waals surface area contributed by atoms with Gasteiger partial charge in [-0.3, -0.25) is 4.99 Å². The summed E-state index contributed by atoms with van der Waals surface area (Å²) in [5, 5.41) is 13.8. The fourth-order valence-corrected chi connectivity index (χ4v) is 3.17. The van der Waals surface area contributed by atoms with Gasteiger partial charge in [0, 0.05) is 5.02 Å². The summed E-state index contributed by atoms with van der Waals surface area (Å²) in [6.45, 7) is 6.52. The van der Waals surface area contributed by atoms with Gasteiger partial charge in [-0.15, -0.1) is 6.58 Å². The van der Waals surface area contributed by atoms with Gasteiger partial charge in [0.2, 0.25) is 5.88 Å². The molecule has 0 bridgehead atoms. The number of nitriles is 1. The monoisotopic (exact) mass is 333 g/mol. The third-order valence-corrected chi connectivity index (χ3v) is 4.35. The maximum absolute atomic E-state index is 9.51. The van der Waals surface area contributed by atoms with Crippen LogP contribution in [0.4, 0.5) is 0 Å². The van der Waals surface area contributed by atoms with E-state index in [9.17, 15) is 5.26 Å². The number of rotatable bonds is 5. The molecular formula is C16H16ClN3OS. The van der Waals surface area contributed by atoms with Gasteiger partial charge in [0.25, 0.3) is 0 Å². The van der Waals surface area contributed by atoms with Gasteiger partial charge in [-0.1, -0.05) is 41.6 Å². The quantitative estimate of drug-likeness (QED) is 0.826. The van der Waals surface area contributed by atoms with Gasteiger partial charge in [0.1, 0.15) is 11.6 Å². The van der Waals surface area contributed by atoms with Crippen LogP contribution in [-0.4, -0.2) is 18.3 Å². The first-order valence-corrected chi connectivity index (χ1v) is 8.06. The predicted molar refractivity (Wildman–Crippen MR) is 91.7 cm³/mol. The molecule has 2 rings (SSSR count). The van der Waals surface area contributed by atoms with E-state index >= 15 is 0 Å².